The summed E-state index contributed by atoms with van der Waals surface area (Å²) in [6, 6.07) is 11.8. The Kier molecular flexibility index (Phi) is 5.33. The summed E-state index contributed by atoms with van der Waals surface area (Å²) in [7, 11) is 0. The van der Waals surface area contributed by atoms with Crippen molar-refractivity contribution in [1.29, 1.82) is 0 Å². The number of para-hydroxylation sites is 1. The molecular weight excluding hydrogens is 320 g/mol. The highest BCUT2D eigenvalue weighted by Gasteiger charge is 2.20. The number of amides is 1. The molecule has 0 saturated heterocycles. The van der Waals surface area contributed by atoms with Crippen molar-refractivity contribution in [1.82, 2.24) is 10.2 Å². The van der Waals surface area contributed by atoms with Crippen LogP contribution in [0.2, 0.25) is 0 Å². The molecule has 126 valence electrons. The van der Waals surface area contributed by atoms with Gasteiger partial charge in [0.2, 0.25) is 0 Å². The Morgan fingerprint density at radius 3 is 2.71 bits per heavy atom. The SMILES string of the molecule is CCN(CC)[C@H](CNC(=O)c1cc2ccccc2o1)c1ccsc1. The van der Waals surface area contributed by atoms with Crippen LogP contribution in [0.1, 0.15) is 36.0 Å². The second-order valence-corrected chi connectivity index (χ2v) is 6.43. The van der Waals surface area contributed by atoms with Crippen molar-refractivity contribution in [3.8, 4) is 0 Å². The minimum Gasteiger partial charge on any atom is -0.451 e. The number of rotatable bonds is 7. The molecule has 0 fully saturated rings. The van der Waals surface area contributed by atoms with E-state index in [1.165, 1.54) is 5.56 Å². The average molecular weight is 342 g/mol. The van der Waals surface area contributed by atoms with Crippen molar-refractivity contribution in [2.24, 2.45) is 0 Å². The third-order valence-electron chi connectivity index (χ3n) is 4.29. The van der Waals surface area contributed by atoms with E-state index in [1.807, 2.05) is 24.3 Å². The van der Waals surface area contributed by atoms with E-state index in [1.54, 1.807) is 17.4 Å². The number of thiophene rings is 1. The van der Waals surface area contributed by atoms with E-state index in [4.69, 9.17) is 4.42 Å². The van der Waals surface area contributed by atoms with Gasteiger partial charge in [0.25, 0.3) is 5.91 Å². The first kappa shape index (κ1) is 16.7. The lowest BCUT2D eigenvalue weighted by atomic mass is 10.1. The van der Waals surface area contributed by atoms with Gasteiger partial charge in [0, 0.05) is 11.9 Å². The van der Waals surface area contributed by atoms with Gasteiger partial charge in [-0.15, -0.1) is 0 Å². The maximum absolute atomic E-state index is 12.5. The molecule has 0 radical (unpaired) electrons. The Morgan fingerprint density at radius 1 is 1.25 bits per heavy atom. The third-order valence-corrected chi connectivity index (χ3v) is 4.99. The number of nitrogens with one attached hydrogen (secondary N) is 1. The first-order chi connectivity index (χ1) is 11.7. The summed E-state index contributed by atoms with van der Waals surface area (Å²) >= 11 is 1.68. The second kappa shape index (κ2) is 7.64. The van der Waals surface area contributed by atoms with Crippen LogP contribution in [0.5, 0.6) is 0 Å². The quantitative estimate of drug-likeness (QED) is 0.696. The molecule has 0 bridgehead atoms. The largest absolute Gasteiger partial charge is 0.451 e. The Labute approximate surface area is 146 Å². The van der Waals surface area contributed by atoms with Gasteiger partial charge >= 0.3 is 0 Å². The van der Waals surface area contributed by atoms with E-state index in [0.29, 0.717) is 12.3 Å². The number of fused-ring (bicyclic) bond motifs is 1. The van der Waals surface area contributed by atoms with Crippen LogP contribution in [0.3, 0.4) is 0 Å². The van der Waals surface area contributed by atoms with Crippen molar-refractivity contribution in [3.05, 3.63) is 58.5 Å². The molecule has 0 spiro atoms. The fourth-order valence-corrected chi connectivity index (χ4v) is 3.66. The zero-order chi connectivity index (χ0) is 16.9. The van der Waals surface area contributed by atoms with E-state index < -0.39 is 0 Å². The number of hydrogen-bond acceptors (Lipinski definition) is 4. The molecule has 1 N–H and O–H groups in total. The van der Waals surface area contributed by atoms with Gasteiger partial charge in [-0.05, 0) is 47.6 Å². The molecule has 0 aliphatic rings. The highest BCUT2D eigenvalue weighted by Crippen LogP contribution is 2.23. The smallest absolute Gasteiger partial charge is 0.287 e. The predicted molar refractivity (Wildman–Crippen MR) is 98.5 cm³/mol. The Hall–Kier alpha value is -2.11. The highest BCUT2D eigenvalue weighted by molar-refractivity contribution is 7.07. The lowest BCUT2D eigenvalue weighted by molar-refractivity contribution is 0.0909. The van der Waals surface area contributed by atoms with E-state index in [0.717, 1.165) is 24.1 Å². The van der Waals surface area contributed by atoms with Crippen molar-refractivity contribution in [2.75, 3.05) is 19.6 Å². The van der Waals surface area contributed by atoms with Crippen molar-refractivity contribution < 1.29 is 9.21 Å². The van der Waals surface area contributed by atoms with Crippen LogP contribution in [-0.4, -0.2) is 30.4 Å². The van der Waals surface area contributed by atoms with Gasteiger partial charge in [-0.3, -0.25) is 9.69 Å². The number of benzene rings is 1. The van der Waals surface area contributed by atoms with E-state index in [-0.39, 0.29) is 11.9 Å². The fraction of sp³-hybridized carbons (Fsp3) is 0.316. The molecule has 24 heavy (non-hydrogen) atoms. The molecule has 1 aromatic carbocycles. The molecule has 1 atom stereocenters. The van der Waals surface area contributed by atoms with E-state index in [2.05, 4.69) is 40.9 Å². The monoisotopic (exact) mass is 342 g/mol. The minimum absolute atomic E-state index is 0.168. The van der Waals surface area contributed by atoms with Gasteiger partial charge in [0.05, 0.1) is 6.04 Å². The molecule has 0 unspecified atom stereocenters. The zero-order valence-electron chi connectivity index (χ0n) is 14.0. The van der Waals surface area contributed by atoms with Crippen LogP contribution in [0.4, 0.5) is 0 Å². The number of carbonyl (C=O) groups excluding carboxylic acids is 1. The van der Waals surface area contributed by atoms with E-state index >= 15 is 0 Å². The molecule has 0 aliphatic heterocycles. The topological polar surface area (TPSA) is 45.5 Å². The van der Waals surface area contributed by atoms with Crippen LogP contribution >= 0.6 is 11.3 Å². The molecule has 4 nitrogen and oxygen atoms in total. The Balaban J connectivity index is 1.72. The normalized spacial score (nSPS) is 12.6. The van der Waals surface area contributed by atoms with E-state index in [9.17, 15) is 4.79 Å². The maximum atomic E-state index is 12.5. The fourth-order valence-electron chi connectivity index (χ4n) is 2.96. The van der Waals surface area contributed by atoms with Gasteiger partial charge < -0.3 is 9.73 Å². The molecule has 1 amide bonds. The zero-order valence-corrected chi connectivity index (χ0v) is 14.8. The maximum Gasteiger partial charge on any atom is 0.287 e. The first-order valence-corrected chi connectivity index (χ1v) is 9.20. The number of carbonyl (C=O) groups is 1. The molecule has 5 heteroatoms. The molecule has 3 rings (SSSR count). The summed E-state index contributed by atoms with van der Waals surface area (Å²) in [5.41, 5.74) is 1.98. The summed E-state index contributed by atoms with van der Waals surface area (Å²) in [6.45, 7) is 6.73. The second-order valence-electron chi connectivity index (χ2n) is 5.65. The van der Waals surface area contributed by atoms with Crippen LogP contribution in [-0.2, 0) is 0 Å². The molecular formula is C19H22N2O2S. The molecule has 3 aromatic rings. The van der Waals surface area contributed by atoms with Gasteiger partial charge in [-0.25, -0.2) is 0 Å². The number of likely N-dealkylation sites (N-methyl/N-ethyl adjacent to an activating group) is 1. The van der Waals surface area contributed by atoms with Crippen molar-refractivity contribution in [2.45, 2.75) is 19.9 Å². The molecule has 0 aliphatic carbocycles. The number of nitrogens with zero attached hydrogens (tertiary/aromatic N) is 1. The predicted octanol–water partition coefficient (Wildman–Crippen LogP) is 4.31. The summed E-state index contributed by atoms with van der Waals surface area (Å²) in [5.74, 6) is 0.193. The summed E-state index contributed by atoms with van der Waals surface area (Å²) in [6.07, 6.45) is 0. The van der Waals surface area contributed by atoms with Crippen LogP contribution in [0, 0.1) is 0 Å². The van der Waals surface area contributed by atoms with Crippen molar-refractivity contribution in [3.63, 3.8) is 0 Å². The standard InChI is InChI=1S/C19H22N2O2S/c1-3-21(4-2)16(15-9-10-24-13-15)12-20-19(22)18-11-14-7-5-6-8-17(14)23-18/h5-11,13,16H,3-4,12H2,1-2H3,(H,20,22)/t16-/m1/s1. The van der Waals surface area contributed by atoms with Crippen LogP contribution in [0.25, 0.3) is 11.0 Å². The lowest BCUT2D eigenvalue weighted by Gasteiger charge is -2.29. The van der Waals surface area contributed by atoms with Crippen LogP contribution < -0.4 is 5.32 Å². The summed E-state index contributed by atoms with van der Waals surface area (Å²) in [5, 5.41) is 8.20. The molecule has 0 saturated carbocycles. The van der Waals surface area contributed by atoms with Gasteiger partial charge in [-0.1, -0.05) is 32.0 Å². The molecule has 2 aromatic heterocycles. The van der Waals surface area contributed by atoms with Gasteiger partial charge in [-0.2, -0.15) is 11.3 Å². The Morgan fingerprint density at radius 2 is 2.04 bits per heavy atom. The molecule has 2 heterocycles. The third kappa shape index (κ3) is 3.52. The first-order valence-electron chi connectivity index (χ1n) is 8.25. The van der Waals surface area contributed by atoms with Gasteiger partial charge in [0.1, 0.15) is 5.58 Å². The summed E-state index contributed by atoms with van der Waals surface area (Å²) in [4.78, 5) is 14.8. The van der Waals surface area contributed by atoms with Crippen molar-refractivity contribution >= 4 is 28.2 Å². The minimum atomic E-state index is -0.168. The lowest BCUT2D eigenvalue weighted by Crippen LogP contribution is -2.37. The van der Waals surface area contributed by atoms with Crippen LogP contribution in [0.15, 0.2) is 51.6 Å². The average Bonchev–Trinajstić information content (AvgIpc) is 3.27. The highest BCUT2D eigenvalue weighted by atomic mass is 32.1. The Bertz CT molecular complexity index is 758. The van der Waals surface area contributed by atoms with Gasteiger partial charge in [0.15, 0.2) is 5.76 Å². The number of hydrogen-bond donors (Lipinski definition) is 1. The number of furan rings is 1. The summed E-state index contributed by atoms with van der Waals surface area (Å²) < 4.78 is 5.64.